The number of hydrogen-bond acceptors (Lipinski definition) is 4. The fraction of sp³-hybridized carbons (Fsp3) is 0.548. The first-order valence-corrected chi connectivity index (χ1v) is 14.4. The predicted molar refractivity (Wildman–Crippen MR) is 147 cm³/mol. The van der Waals surface area contributed by atoms with Crippen molar-refractivity contribution in [3.05, 3.63) is 71.5 Å². The first-order valence-electron chi connectivity index (χ1n) is 14.4. The molecule has 1 N–H and O–H groups in total. The molecule has 2 aliphatic heterocycles. The maximum absolute atomic E-state index is 13.8. The minimum Gasteiger partial charge on any atom is -0.338 e. The Morgan fingerprint density at radius 3 is 2.37 bits per heavy atom. The molecule has 0 aromatic heterocycles. The van der Waals surface area contributed by atoms with Crippen molar-refractivity contribution in [2.24, 2.45) is 5.92 Å². The molecule has 1 aliphatic carbocycles. The Balaban J connectivity index is 1.37. The summed E-state index contributed by atoms with van der Waals surface area (Å²) in [4.78, 5) is 33.7. The van der Waals surface area contributed by atoms with Crippen LogP contribution in [0.1, 0.15) is 54.4 Å². The summed E-state index contributed by atoms with van der Waals surface area (Å²) >= 11 is 0. The van der Waals surface area contributed by atoms with Gasteiger partial charge in [-0.1, -0.05) is 49.6 Å². The van der Waals surface area contributed by atoms with Gasteiger partial charge in [0.25, 0.3) is 5.91 Å². The van der Waals surface area contributed by atoms with Crippen molar-refractivity contribution < 1.29 is 14.0 Å². The third-order valence-corrected chi connectivity index (χ3v) is 8.61. The van der Waals surface area contributed by atoms with Crippen LogP contribution in [0, 0.1) is 11.7 Å². The Morgan fingerprint density at radius 1 is 0.947 bits per heavy atom. The summed E-state index contributed by atoms with van der Waals surface area (Å²) in [6.07, 6.45) is 8.03. The summed E-state index contributed by atoms with van der Waals surface area (Å²) in [5, 5.41) is 3.31. The molecule has 0 radical (unpaired) electrons. The van der Waals surface area contributed by atoms with Crippen molar-refractivity contribution in [1.29, 1.82) is 0 Å². The summed E-state index contributed by atoms with van der Waals surface area (Å²) in [6.45, 7) is 5.34. The molecule has 7 heteroatoms. The maximum Gasteiger partial charge on any atom is 0.254 e. The quantitative estimate of drug-likeness (QED) is 0.573. The van der Waals surface area contributed by atoms with E-state index in [1.54, 1.807) is 4.90 Å². The van der Waals surface area contributed by atoms with Crippen LogP contribution in [0.15, 0.2) is 54.6 Å². The first-order chi connectivity index (χ1) is 18.6. The zero-order chi connectivity index (χ0) is 26.3. The lowest BCUT2D eigenvalue weighted by Gasteiger charge is -2.34. The van der Waals surface area contributed by atoms with E-state index in [1.807, 2.05) is 11.0 Å². The van der Waals surface area contributed by atoms with E-state index >= 15 is 0 Å². The third-order valence-electron chi connectivity index (χ3n) is 8.61. The van der Waals surface area contributed by atoms with Gasteiger partial charge in [-0.2, -0.15) is 0 Å². The van der Waals surface area contributed by atoms with Gasteiger partial charge in [0.05, 0.1) is 0 Å². The van der Waals surface area contributed by atoms with Crippen LogP contribution in [-0.2, 0) is 11.2 Å². The molecule has 5 rings (SSSR count). The Hall–Kier alpha value is -2.77. The fourth-order valence-corrected chi connectivity index (χ4v) is 6.43. The van der Waals surface area contributed by atoms with Gasteiger partial charge in [-0.15, -0.1) is 0 Å². The molecule has 2 aromatic carbocycles. The Morgan fingerprint density at radius 2 is 1.66 bits per heavy atom. The van der Waals surface area contributed by atoms with E-state index in [1.165, 1.54) is 61.9 Å². The number of hydrogen-bond donors (Lipinski definition) is 1. The molecular formula is C31H41FN4O2. The number of likely N-dealkylation sites (tertiary alicyclic amines) is 1. The number of carbonyl (C=O) groups excluding carboxylic acids is 2. The van der Waals surface area contributed by atoms with Crippen LogP contribution >= 0.6 is 0 Å². The van der Waals surface area contributed by atoms with Crippen molar-refractivity contribution in [2.45, 2.75) is 57.0 Å². The molecule has 0 spiro atoms. The standard InChI is InChI=1S/C31H41FN4O2/c32-27-13-11-26(12-14-27)30(37)36-23-28(21-29(36)31(38)34-19-16-33-17-20-34)35(22-25-9-5-2-6-10-25)18-15-24-7-3-1-4-8-24/h1,3-4,7-8,11-14,25,28-29,33H,2,5-6,9-10,15-23H2. The van der Waals surface area contributed by atoms with Gasteiger partial charge in [0.15, 0.2) is 0 Å². The molecule has 2 heterocycles. The molecule has 2 aromatic rings. The van der Waals surface area contributed by atoms with Gasteiger partial charge in [0.1, 0.15) is 11.9 Å². The van der Waals surface area contributed by atoms with Crippen LogP contribution in [0.3, 0.4) is 0 Å². The smallest absolute Gasteiger partial charge is 0.254 e. The Bertz CT molecular complexity index is 1050. The lowest BCUT2D eigenvalue weighted by molar-refractivity contribution is -0.135. The van der Waals surface area contributed by atoms with Crippen molar-refractivity contribution in [3.63, 3.8) is 0 Å². The lowest BCUT2D eigenvalue weighted by Crippen LogP contribution is -2.53. The van der Waals surface area contributed by atoms with Crippen LogP contribution in [0.5, 0.6) is 0 Å². The van der Waals surface area contributed by atoms with Crippen LogP contribution in [0.2, 0.25) is 0 Å². The first kappa shape index (κ1) is 26.8. The number of piperazine rings is 1. The van der Waals surface area contributed by atoms with Gasteiger partial charge in [-0.25, -0.2) is 4.39 Å². The number of halogens is 1. The maximum atomic E-state index is 13.8. The van der Waals surface area contributed by atoms with Crippen LogP contribution in [-0.4, -0.2) is 84.4 Å². The second-order valence-electron chi connectivity index (χ2n) is 11.2. The topological polar surface area (TPSA) is 55.9 Å². The molecule has 2 unspecified atom stereocenters. The number of nitrogens with zero attached hydrogens (tertiary/aromatic N) is 3. The Kier molecular flexibility index (Phi) is 9.07. The highest BCUT2D eigenvalue weighted by Crippen LogP contribution is 2.30. The molecule has 6 nitrogen and oxygen atoms in total. The predicted octanol–water partition coefficient (Wildman–Crippen LogP) is 3.97. The van der Waals surface area contributed by atoms with Crippen molar-refractivity contribution >= 4 is 11.8 Å². The second kappa shape index (κ2) is 12.9. The van der Waals surface area contributed by atoms with E-state index < -0.39 is 6.04 Å². The van der Waals surface area contributed by atoms with Crippen LogP contribution < -0.4 is 5.32 Å². The monoisotopic (exact) mass is 520 g/mol. The number of rotatable bonds is 8. The van der Waals surface area contributed by atoms with Crippen LogP contribution in [0.4, 0.5) is 4.39 Å². The second-order valence-corrected chi connectivity index (χ2v) is 11.2. The van der Waals surface area contributed by atoms with Gasteiger partial charge in [0.2, 0.25) is 5.91 Å². The van der Waals surface area contributed by atoms with Crippen molar-refractivity contribution in [1.82, 2.24) is 20.0 Å². The minimum absolute atomic E-state index is 0.0464. The average Bonchev–Trinajstić information content (AvgIpc) is 3.42. The van der Waals surface area contributed by atoms with E-state index in [0.29, 0.717) is 37.5 Å². The van der Waals surface area contributed by atoms with Gasteiger partial charge in [0, 0.05) is 57.4 Å². The zero-order valence-corrected chi connectivity index (χ0v) is 22.4. The SMILES string of the molecule is O=C(C1CC(N(CCc2ccccc2)CC2CCCCC2)CN1C(=O)c1ccc(F)cc1)N1CCNCC1. The molecule has 204 valence electrons. The van der Waals surface area contributed by atoms with E-state index in [0.717, 1.165) is 32.6 Å². The summed E-state index contributed by atoms with van der Waals surface area (Å²) in [7, 11) is 0. The fourth-order valence-electron chi connectivity index (χ4n) is 6.43. The van der Waals surface area contributed by atoms with Gasteiger partial charge < -0.3 is 15.1 Å². The summed E-state index contributed by atoms with van der Waals surface area (Å²) < 4.78 is 13.6. The molecule has 1 saturated carbocycles. The van der Waals surface area contributed by atoms with Crippen molar-refractivity contribution in [2.75, 3.05) is 45.8 Å². The Labute approximate surface area is 226 Å². The highest BCUT2D eigenvalue weighted by molar-refractivity contribution is 5.98. The number of amides is 2. The van der Waals surface area contributed by atoms with Crippen molar-refractivity contribution in [3.8, 4) is 0 Å². The highest BCUT2D eigenvalue weighted by atomic mass is 19.1. The van der Waals surface area contributed by atoms with E-state index in [2.05, 4.69) is 34.5 Å². The molecule has 3 aliphatic rings. The molecule has 2 atom stereocenters. The number of carbonyl (C=O) groups is 2. The van der Waals surface area contributed by atoms with Gasteiger partial charge in [-0.3, -0.25) is 14.5 Å². The van der Waals surface area contributed by atoms with Crippen LogP contribution in [0.25, 0.3) is 0 Å². The third kappa shape index (κ3) is 6.62. The number of nitrogens with one attached hydrogen (secondary N) is 1. The summed E-state index contributed by atoms with van der Waals surface area (Å²) in [5.41, 5.74) is 1.75. The molecule has 3 fully saturated rings. The largest absolute Gasteiger partial charge is 0.338 e. The van der Waals surface area contributed by atoms with Gasteiger partial charge >= 0.3 is 0 Å². The molecule has 0 bridgehead atoms. The zero-order valence-electron chi connectivity index (χ0n) is 22.4. The lowest BCUT2D eigenvalue weighted by atomic mass is 9.88. The minimum atomic E-state index is -0.485. The molecule has 2 saturated heterocycles. The van der Waals surface area contributed by atoms with E-state index in [-0.39, 0.29) is 23.7 Å². The molecule has 2 amide bonds. The van der Waals surface area contributed by atoms with E-state index in [9.17, 15) is 14.0 Å². The summed E-state index contributed by atoms with van der Waals surface area (Å²) in [5.74, 6) is 0.171. The normalized spacial score (nSPS) is 22.7. The molecule has 38 heavy (non-hydrogen) atoms. The molecular weight excluding hydrogens is 479 g/mol. The summed E-state index contributed by atoms with van der Waals surface area (Å²) in [6, 6.07) is 15.9. The van der Waals surface area contributed by atoms with Gasteiger partial charge in [-0.05, 0) is 61.4 Å². The highest BCUT2D eigenvalue weighted by Gasteiger charge is 2.44. The average molecular weight is 521 g/mol. The number of benzene rings is 2. The van der Waals surface area contributed by atoms with E-state index in [4.69, 9.17) is 0 Å².